The summed E-state index contributed by atoms with van der Waals surface area (Å²) < 4.78 is 11.6. The molecule has 112 valence electrons. The molecule has 1 aliphatic heterocycles. The van der Waals surface area contributed by atoms with Crippen molar-refractivity contribution in [2.45, 2.75) is 63.5 Å². The summed E-state index contributed by atoms with van der Waals surface area (Å²) in [5, 5.41) is 3.49. The van der Waals surface area contributed by atoms with Crippen LogP contribution in [-0.2, 0) is 9.47 Å². The van der Waals surface area contributed by atoms with Crippen molar-refractivity contribution in [2.24, 2.45) is 0 Å². The fourth-order valence-corrected chi connectivity index (χ4v) is 3.08. The molecular weight excluding hydrogens is 238 g/mol. The third-order valence-corrected chi connectivity index (χ3v) is 4.16. The van der Waals surface area contributed by atoms with Crippen LogP contribution in [0.5, 0.6) is 0 Å². The number of hydrogen-bond acceptors (Lipinski definition) is 3. The Hall–Kier alpha value is -0.380. The molecule has 0 bridgehead atoms. The molecule has 0 aromatic heterocycles. The van der Waals surface area contributed by atoms with Gasteiger partial charge in [0, 0.05) is 38.7 Å². The van der Waals surface area contributed by atoms with Gasteiger partial charge in [0.05, 0.1) is 5.60 Å². The van der Waals surface area contributed by atoms with Gasteiger partial charge in [-0.1, -0.05) is 18.9 Å². The normalized spacial score (nSPS) is 20.1. The van der Waals surface area contributed by atoms with Crippen molar-refractivity contribution in [1.29, 1.82) is 0 Å². The standard InChI is InChI=1S/C16H31NO2/c1-4-6-7-8-9-10-15(17-3)16(19-5-2)11-13-18-14-12-16/h4,15,17H,1,5-14H2,2-3H3. The highest BCUT2D eigenvalue weighted by Crippen LogP contribution is 2.31. The van der Waals surface area contributed by atoms with E-state index >= 15 is 0 Å². The van der Waals surface area contributed by atoms with Crippen LogP contribution in [0.4, 0.5) is 0 Å². The van der Waals surface area contributed by atoms with Gasteiger partial charge in [-0.25, -0.2) is 0 Å². The van der Waals surface area contributed by atoms with Crippen molar-refractivity contribution >= 4 is 0 Å². The molecule has 0 aromatic carbocycles. The van der Waals surface area contributed by atoms with Gasteiger partial charge >= 0.3 is 0 Å². The zero-order valence-electron chi connectivity index (χ0n) is 12.7. The quantitative estimate of drug-likeness (QED) is 0.487. The van der Waals surface area contributed by atoms with Crippen LogP contribution in [0, 0.1) is 0 Å². The number of likely N-dealkylation sites (N-methyl/N-ethyl adjacent to an activating group) is 1. The molecule has 3 heteroatoms. The van der Waals surface area contributed by atoms with Crippen molar-refractivity contribution in [3.63, 3.8) is 0 Å². The molecule has 19 heavy (non-hydrogen) atoms. The third-order valence-electron chi connectivity index (χ3n) is 4.16. The molecular formula is C16H31NO2. The van der Waals surface area contributed by atoms with Crippen molar-refractivity contribution < 1.29 is 9.47 Å². The minimum Gasteiger partial charge on any atom is -0.381 e. The van der Waals surface area contributed by atoms with Gasteiger partial charge < -0.3 is 14.8 Å². The number of unbranched alkanes of at least 4 members (excludes halogenated alkanes) is 3. The number of hydrogen-bond donors (Lipinski definition) is 1. The predicted molar refractivity (Wildman–Crippen MR) is 80.5 cm³/mol. The molecule has 1 unspecified atom stereocenters. The smallest absolute Gasteiger partial charge is 0.0878 e. The Bertz CT molecular complexity index is 231. The zero-order chi connectivity index (χ0) is 14.0. The first-order valence-electron chi connectivity index (χ1n) is 7.79. The summed E-state index contributed by atoms with van der Waals surface area (Å²) in [5.74, 6) is 0. The van der Waals surface area contributed by atoms with Crippen molar-refractivity contribution in [2.75, 3.05) is 26.9 Å². The van der Waals surface area contributed by atoms with E-state index in [9.17, 15) is 0 Å². The second kappa shape index (κ2) is 9.51. The van der Waals surface area contributed by atoms with E-state index in [0.29, 0.717) is 6.04 Å². The van der Waals surface area contributed by atoms with Gasteiger partial charge in [-0.3, -0.25) is 0 Å². The number of nitrogens with one attached hydrogen (secondary N) is 1. The minimum absolute atomic E-state index is 0.0137. The average Bonchev–Trinajstić information content (AvgIpc) is 2.44. The van der Waals surface area contributed by atoms with Crippen LogP contribution >= 0.6 is 0 Å². The fraction of sp³-hybridized carbons (Fsp3) is 0.875. The Morgan fingerprint density at radius 2 is 2.05 bits per heavy atom. The molecule has 1 saturated heterocycles. The van der Waals surface area contributed by atoms with Crippen LogP contribution in [0.2, 0.25) is 0 Å². The second-order valence-electron chi connectivity index (χ2n) is 5.38. The second-order valence-corrected chi connectivity index (χ2v) is 5.38. The van der Waals surface area contributed by atoms with Crippen molar-refractivity contribution in [3.05, 3.63) is 12.7 Å². The first kappa shape index (κ1) is 16.7. The molecule has 1 rings (SSSR count). The van der Waals surface area contributed by atoms with E-state index in [2.05, 4.69) is 25.9 Å². The van der Waals surface area contributed by atoms with E-state index in [0.717, 1.165) is 39.1 Å². The zero-order valence-corrected chi connectivity index (χ0v) is 12.7. The largest absolute Gasteiger partial charge is 0.381 e. The van der Waals surface area contributed by atoms with E-state index in [1.165, 1.54) is 25.7 Å². The summed E-state index contributed by atoms with van der Waals surface area (Å²) in [5.41, 5.74) is -0.0137. The minimum atomic E-state index is -0.0137. The highest BCUT2D eigenvalue weighted by Gasteiger charge is 2.39. The maximum atomic E-state index is 6.14. The van der Waals surface area contributed by atoms with Crippen LogP contribution in [-0.4, -0.2) is 38.5 Å². The van der Waals surface area contributed by atoms with Gasteiger partial charge in [-0.05, 0) is 33.2 Å². The van der Waals surface area contributed by atoms with E-state index in [1.54, 1.807) is 0 Å². The summed E-state index contributed by atoms with van der Waals surface area (Å²) in [6.07, 6.45) is 10.2. The lowest BCUT2D eigenvalue weighted by molar-refractivity contribution is -0.127. The highest BCUT2D eigenvalue weighted by atomic mass is 16.5. The van der Waals surface area contributed by atoms with Gasteiger partial charge in [-0.2, -0.15) is 0 Å². The number of rotatable bonds is 10. The average molecular weight is 269 g/mol. The molecule has 0 aliphatic carbocycles. The molecule has 1 heterocycles. The highest BCUT2D eigenvalue weighted by molar-refractivity contribution is 4.94. The summed E-state index contributed by atoms with van der Waals surface area (Å²) in [4.78, 5) is 0. The lowest BCUT2D eigenvalue weighted by Gasteiger charge is -2.43. The van der Waals surface area contributed by atoms with Crippen molar-refractivity contribution in [1.82, 2.24) is 5.32 Å². The SMILES string of the molecule is C=CCCCCCC(NC)C1(OCC)CCOCC1. The lowest BCUT2D eigenvalue weighted by Crippen LogP contribution is -2.54. The summed E-state index contributed by atoms with van der Waals surface area (Å²) in [7, 11) is 2.06. The van der Waals surface area contributed by atoms with E-state index < -0.39 is 0 Å². The Labute approximate surface area is 118 Å². The molecule has 1 atom stereocenters. The monoisotopic (exact) mass is 269 g/mol. The van der Waals surface area contributed by atoms with E-state index in [-0.39, 0.29) is 5.60 Å². The number of allylic oxidation sites excluding steroid dienone is 1. The van der Waals surface area contributed by atoms with Crippen LogP contribution in [0.1, 0.15) is 51.9 Å². The van der Waals surface area contributed by atoms with Gasteiger partial charge in [-0.15, -0.1) is 6.58 Å². The molecule has 3 nitrogen and oxygen atoms in total. The summed E-state index contributed by atoms with van der Waals surface area (Å²) in [6, 6.07) is 0.445. The first-order chi connectivity index (χ1) is 9.29. The predicted octanol–water partition coefficient (Wildman–Crippen LogP) is 3.30. The molecule has 0 aromatic rings. The van der Waals surface area contributed by atoms with Crippen LogP contribution in [0.25, 0.3) is 0 Å². The molecule has 0 amide bonds. The van der Waals surface area contributed by atoms with Gasteiger partial charge in [0.25, 0.3) is 0 Å². The molecule has 0 radical (unpaired) electrons. The Balaban J connectivity index is 2.45. The van der Waals surface area contributed by atoms with Gasteiger partial charge in [0.1, 0.15) is 0 Å². The number of ether oxygens (including phenoxy) is 2. The third kappa shape index (κ3) is 5.25. The summed E-state index contributed by atoms with van der Waals surface area (Å²) >= 11 is 0. The summed E-state index contributed by atoms with van der Waals surface area (Å²) in [6.45, 7) is 8.31. The maximum Gasteiger partial charge on any atom is 0.0878 e. The fourth-order valence-electron chi connectivity index (χ4n) is 3.08. The van der Waals surface area contributed by atoms with Crippen LogP contribution < -0.4 is 5.32 Å². The Kier molecular flexibility index (Phi) is 8.35. The molecule has 0 saturated carbocycles. The lowest BCUT2D eigenvalue weighted by atomic mass is 9.83. The van der Waals surface area contributed by atoms with Crippen LogP contribution in [0.15, 0.2) is 12.7 Å². The molecule has 1 aliphatic rings. The Morgan fingerprint density at radius 3 is 2.63 bits per heavy atom. The maximum absolute atomic E-state index is 6.14. The van der Waals surface area contributed by atoms with Gasteiger partial charge in [0.2, 0.25) is 0 Å². The van der Waals surface area contributed by atoms with Crippen LogP contribution in [0.3, 0.4) is 0 Å². The van der Waals surface area contributed by atoms with E-state index in [4.69, 9.17) is 9.47 Å². The molecule has 1 fully saturated rings. The Morgan fingerprint density at radius 1 is 1.32 bits per heavy atom. The van der Waals surface area contributed by atoms with Crippen molar-refractivity contribution in [3.8, 4) is 0 Å². The topological polar surface area (TPSA) is 30.5 Å². The van der Waals surface area contributed by atoms with E-state index in [1.807, 2.05) is 6.08 Å². The first-order valence-corrected chi connectivity index (χ1v) is 7.79. The molecule has 0 spiro atoms. The molecule has 1 N–H and O–H groups in total. The van der Waals surface area contributed by atoms with Gasteiger partial charge in [0.15, 0.2) is 0 Å².